The average Bonchev–Trinajstić information content (AvgIpc) is 3.21. The second kappa shape index (κ2) is 7.87. The van der Waals surface area contributed by atoms with Crippen LogP contribution in [0.4, 0.5) is 5.82 Å². The molecule has 7 nitrogen and oxygen atoms in total. The Morgan fingerprint density at radius 2 is 1.86 bits per heavy atom. The highest BCUT2D eigenvalue weighted by atomic mass is 16.5. The van der Waals surface area contributed by atoms with Crippen LogP contribution in [-0.2, 0) is 11.2 Å². The molecule has 2 aromatic heterocycles. The number of anilines is 1. The Kier molecular flexibility index (Phi) is 4.97. The van der Waals surface area contributed by atoms with Crippen molar-refractivity contribution in [3.63, 3.8) is 0 Å². The molecule has 0 radical (unpaired) electrons. The summed E-state index contributed by atoms with van der Waals surface area (Å²) >= 11 is 0. The SMILES string of the molecule is COc1ccc(-c2noc(CCC(=O)Nc3ccc4ccccc4n3)n2)cc1. The van der Waals surface area contributed by atoms with Gasteiger partial charge < -0.3 is 14.6 Å². The number of rotatable bonds is 6. The number of hydrogen-bond donors (Lipinski definition) is 1. The van der Waals surface area contributed by atoms with Gasteiger partial charge in [-0.2, -0.15) is 4.98 Å². The number of carbonyl (C=O) groups excluding carboxylic acids is 1. The van der Waals surface area contributed by atoms with Gasteiger partial charge in [0.15, 0.2) is 0 Å². The molecule has 0 unspecified atom stereocenters. The van der Waals surface area contributed by atoms with E-state index in [0.717, 1.165) is 22.2 Å². The molecule has 2 aromatic carbocycles. The largest absolute Gasteiger partial charge is 0.497 e. The van der Waals surface area contributed by atoms with Gasteiger partial charge in [-0.25, -0.2) is 4.98 Å². The van der Waals surface area contributed by atoms with Crippen molar-refractivity contribution in [2.45, 2.75) is 12.8 Å². The number of aryl methyl sites for hydroxylation is 1. The Morgan fingerprint density at radius 3 is 2.68 bits per heavy atom. The Bertz CT molecular complexity index is 1110. The second-order valence-electron chi connectivity index (χ2n) is 6.18. The first kappa shape index (κ1) is 17.7. The number of nitrogens with one attached hydrogen (secondary N) is 1. The van der Waals surface area contributed by atoms with Crippen LogP contribution in [0, 0.1) is 0 Å². The normalized spacial score (nSPS) is 10.8. The number of benzene rings is 2. The van der Waals surface area contributed by atoms with Gasteiger partial charge in [0.1, 0.15) is 11.6 Å². The van der Waals surface area contributed by atoms with E-state index < -0.39 is 0 Å². The standard InChI is InChI=1S/C21H18N4O3/c1-27-16-9-6-15(7-10-16)21-24-20(28-25-21)13-12-19(26)23-18-11-8-14-4-2-3-5-17(14)22-18/h2-11H,12-13H2,1H3,(H,22,23,26). The van der Waals surface area contributed by atoms with Gasteiger partial charge in [0, 0.05) is 23.8 Å². The first-order valence-electron chi connectivity index (χ1n) is 8.84. The molecule has 1 amide bonds. The van der Waals surface area contributed by atoms with Crippen LogP contribution in [0.2, 0.25) is 0 Å². The molecule has 4 aromatic rings. The van der Waals surface area contributed by atoms with E-state index in [1.165, 1.54) is 0 Å². The minimum absolute atomic E-state index is 0.160. The number of fused-ring (bicyclic) bond motifs is 1. The third-order valence-corrected chi connectivity index (χ3v) is 4.25. The number of carbonyl (C=O) groups is 1. The van der Waals surface area contributed by atoms with Crippen LogP contribution in [-0.4, -0.2) is 28.1 Å². The van der Waals surface area contributed by atoms with Crippen LogP contribution in [0.5, 0.6) is 5.75 Å². The molecule has 0 fully saturated rings. The summed E-state index contributed by atoms with van der Waals surface area (Å²) in [6, 6.07) is 18.8. The van der Waals surface area contributed by atoms with Crippen molar-refractivity contribution in [3.8, 4) is 17.1 Å². The molecule has 0 saturated carbocycles. The summed E-state index contributed by atoms with van der Waals surface area (Å²) in [7, 11) is 1.61. The maximum absolute atomic E-state index is 12.2. The number of nitrogens with zero attached hydrogens (tertiary/aromatic N) is 3. The summed E-state index contributed by atoms with van der Waals surface area (Å²) in [5.41, 5.74) is 1.65. The predicted molar refractivity (Wildman–Crippen MR) is 105 cm³/mol. The van der Waals surface area contributed by atoms with Crippen molar-refractivity contribution in [3.05, 3.63) is 66.6 Å². The third kappa shape index (κ3) is 3.98. The molecule has 0 bridgehead atoms. The molecule has 0 aliphatic rings. The first-order valence-corrected chi connectivity index (χ1v) is 8.84. The van der Waals surface area contributed by atoms with Crippen LogP contribution >= 0.6 is 0 Å². The fraction of sp³-hybridized carbons (Fsp3) is 0.143. The smallest absolute Gasteiger partial charge is 0.227 e. The van der Waals surface area contributed by atoms with E-state index >= 15 is 0 Å². The van der Waals surface area contributed by atoms with Crippen LogP contribution in [0.15, 0.2) is 65.2 Å². The molecule has 140 valence electrons. The third-order valence-electron chi connectivity index (χ3n) is 4.25. The van der Waals surface area contributed by atoms with E-state index in [9.17, 15) is 4.79 Å². The van der Waals surface area contributed by atoms with Crippen LogP contribution in [0.25, 0.3) is 22.3 Å². The second-order valence-corrected chi connectivity index (χ2v) is 6.18. The quantitative estimate of drug-likeness (QED) is 0.551. The van der Waals surface area contributed by atoms with Gasteiger partial charge in [0.2, 0.25) is 17.6 Å². The zero-order valence-corrected chi connectivity index (χ0v) is 15.3. The summed E-state index contributed by atoms with van der Waals surface area (Å²) < 4.78 is 10.4. The molecular formula is C21H18N4O3. The molecule has 2 heterocycles. The minimum Gasteiger partial charge on any atom is -0.497 e. The molecule has 0 spiro atoms. The molecule has 0 aliphatic heterocycles. The van der Waals surface area contributed by atoms with Crippen molar-refractivity contribution in [2.75, 3.05) is 12.4 Å². The predicted octanol–water partition coefficient (Wildman–Crippen LogP) is 3.86. The van der Waals surface area contributed by atoms with Gasteiger partial charge in [-0.1, -0.05) is 23.4 Å². The number of amides is 1. The van der Waals surface area contributed by atoms with E-state index in [0.29, 0.717) is 24.0 Å². The minimum atomic E-state index is -0.160. The lowest BCUT2D eigenvalue weighted by molar-refractivity contribution is -0.116. The number of hydrogen-bond acceptors (Lipinski definition) is 6. The van der Waals surface area contributed by atoms with Gasteiger partial charge in [-0.05, 0) is 42.5 Å². The van der Waals surface area contributed by atoms with E-state index in [4.69, 9.17) is 9.26 Å². The topological polar surface area (TPSA) is 90.1 Å². The van der Waals surface area contributed by atoms with E-state index in [1.54, 1.807) is 13.2 Å². The summed E-state index contributed by atoms with van der Waals surface area (Å²) in [5, 5.41) is 7.79. The highest BCUT2D eigenvalue weighted by molar-refractivity contribution is 5.91. The maximum Gasteiger partial charge on any atom is 0.227 e. The summed E-state index contributed by atoms with van der Waals surface area (Å²) in [5.74, 6) is 2.01. The molecule has 7 heteroatoms. The maximum atomic E-state index is 12.2. The number of ether oxygens (including phenoxy) is 1. The van der Waals surface area contributed by atoms with Crippen LogP contribution in [0.1, 0.15) is 12.3 Å². The first-order chi connectivity index (χ1) is 13.7. The lowest BCUT2D eigenvalue weighted by atomic mass is 10.2. The van der Waals surface area contributed by atoms with Crippen molar-refractivity contribution < 1.29 is 14.1 Å². The van der Waals surface area contributed by atoms with Gasteiger partial charge in [-0.3, -0.25) is 4.79 Å². The fourth-order valence-electron chi connectivity index (χ4n) is 2.78. The van der Waals surface area contributed by atoms with Crippen molar-refractivity contribution >= 4 is 22.6 Å². The fourth-order valence-corrected chi connectivity index (χ4v) is 2.78. The highest BCUT2D eigenvalue weighted by Crippen LogP contribution is 2.20. The monoisotopic (exact) mass is 374 g/mol. The number of para-hydroxylation sites is 1. The average molecular weight is 374 g/mol. The highest BCUT2D eigenvalue weighted by Gasteiger charge is 2.11. The van der Waals surface area contributed by atoms with Crippen molar-refractivity contribution in [1.29, 1.82) is 0 Å². The Hall–Kier alpha value is -3.74. The van der Waals surface area contributed by atoms with E-state index in [1.807, 2.05) is 54.6 Å². The molecule has 28 heavy (non-hydrogen) atoms. The molecule has 0 aliphatic carbocycles. The van der Waals surface area contributed by atoms with Gasteiger partial charge in [0.05, 0.1) is 12.6 Å². The van der Waals surface area contributed by atoms with Crippen LogP contribution in [0.3, 0.4) is 0 Å². The van der Waals surface area contributed by atoms with E-state index in [-0.39, 0.29) is 12.3 Å². The summed E-state index contributed by atoms with van der Waals surface area (Å²) in [6.45, 7) is 0. The lowest BCUT2D eigenvalue weighted by Gasteiger charge is -2.04. The number of pyridine rings is 1. The van der Waals surface area contributed by atoms with Crippen LogP contribution < -0.4 is 10.1 Å². The van der Waals surface area contributed by atoms with Gasteiger partial charge in [-0.15, -0.1) is 0 Å². The van der Waals surface area contributed by atoms with Gasteiger partial charge >= 0.3 is 0 Å². The molecular weight excluding hydrogens is 356 g/mol. The Balaban J connectivity index is 1.36. The number of aromatic nitrogens is 3. The molecule has 4 rings (SSSR count). The molecule has 0 saturated heterocycles. The van der Waals surface area contributed by atoms with Crippen molar-refractivity contribution in [2.24, 2.45) is 0 Å². The number of methoxy groups -OCH3 is 1. The zero-order chi connectivity index (χ0) is 19.3. The zero-order valence-electron chi connectivity index (χ0n) is 15.3. The van der Waals surface area contributed by atoms with Crippen molar-refractivity contribution in [1.82, 2.24) is 15.1 Å². The Morgan fingerprint density at radius 1 is 1.04 bits per heavy atom. The summed E-state index contributed by atoms with van der Waals surface area (Å²) in [6.07, 6.45) is 0.571. The molecule has 0 atom stereocenters. The van der Waals surface area contributed by atoms with E-state index in [2.05, 4.69) is 20.4 Å². The Labute approximate surface area is 161 Å². The van der Waals surface area contributed by atoms with Gasteiger partial charge in [0.25, 0.3) is 0 Å². The molecule has 1 N–H and O–H groups in total. The summed E-state index contributed by atoms with van der Waals surface area (Å²) in [4.78, 5) is 21.0. The lowest BCUT2D eigenvalue weighted by Crippen LogP contribution is -2.13.